The SMILES string of the molecule is COCCN1CC(NC(=O)Nc2c(C)c(-c3nnc(C)o3)nn2-c2ccccc2)C(c2ccc(F)c(F)c2)C1. The van der Waals surface area contributed by atoms with E-state index in [-0.39, 0.29) is 17.9 Å². The topological polar surface area (TPSA) is 110 Å². The van der Waals surface area contributed by atoms with Gasteiger partial charge in [0.1, 0.15) is 5.82 Å². The Morgan fingerprint density at radius 2 is 1.90 bits per heavy atom. The van der Waals surface area contributed by atoms with Crippen LogP contribution in [0.5, 0.6) is 0 Å². The number of rotatable bonds is 8. The lowest BCUT2D eigenvalue weighted by Crippen LogP contribution is -2.42. The molecule has 0 spiro atoms. The predicted molar refractivity (Wildman–Crippen MR) is 140 cm³/mol. The molecule has 5 rings (SSSR count). The Morgan fingerprint density at radius 3 is 2.59 bits per heavy atom. The van der Waals surface area contributed by atoms with Crippen molar-refractivity contribution in [3.05, 3.63) is 77.2 Å². The lowest BCUT2D eigenvalue weighted by atomic mass is 9.94. The minimum atomic E-state index is -0.919. The van der Waals surface area contributed by atoms with E-state index in [2.05, 4.69) is 30.8 Å². The van der Waals surface area contributed by atoms with Gasteiger partial charge in [0.15, 0.2) is 17.3 Å². The van der Waals surface area contributed by atoms with Crippen molar-refractivity contribution >= 4 is 11.8 Å². The van der Waals surface area contributed by atoms with Crippen LogP contribution in [0.15, 0.2) is 52.9 Å². The summed E-state index contributed by atoms with van der Waals surface area (Å²) < 4.78 is 40.1. The summed E-state index contributed by atoms with van der Waals surface area (Å²) in [4.78, 5) is 15.5. The number of methoxy groups -OCH3 is 1. The van der Waals surface area contributed by atoms with Crippen molar-refractivity contribution < 1.29 is 22.7 Å². The van der Waals surface area contributed by atoms with E-state index in [1.54, 1.807) is 24.8 Å². The van der Waals surface area contributed by atoms with Gasteiger partial charge in [-0.15, -0.1) is 10.2 Å². The number of likely N-dealkylation sites (tertiary alicyclic amines) is 1. The van der Waals surface area contributed by atoms with Crippen LogP contribution in [0.2, 0.25) is 0 Å². The summed E-state index contributed by atoms with van der Waals surface area (Å²) in [6, 6.07) is 12.4. The van der Waals surface area contributed by atoms with Crippen LogP contribution >= 0.6 is 0 Å². The first kappa shape index (κ1) is 26.4. The van der Waals surface area contributed by atoms with Gasteiger partial charge in [0.2, 0.25) is 5.89 Å². The molecule has 2 N–H and O–H groups in total. The predicted octanol–water partition coefficient (Wildman–Crippen LogP) is 4.05. The molecule has 4 aromatic rings. The molecule has 39 heavy (non-hydrogen) atoms. The van der Waals surface area contributed by atoms with Gasteiger partial charge in [-0.25, -0.2) is 18.3 Å². The number of para-hydroxylation sites is 1. The lowest BCUT2D eigenvalue weighted by Gasteiger charge is -2.21. The Bertz CT molecular complexity index is 1460. The summed E-state index contributed by atoms with van der Waals surface area (Å²) in [5.74, 6) is -1.01. The molecule has 0 bridgehead atoms. The zero-order chi connectivity index (χ0) is 27.5. The molecule has 1 saturated heterocycles. The third-order valence-electron chi connectivity index (χ3n) is 6.78. The number of amides is 2. The Morgan fingerprint density at radius 1 is 1.10 bits per heavy atom. The maximum atomic E-state index is 14.1. The molecule has 12 heteroatoms. The molecular weight excluding hydrogens is 508 g/mol. The fourth-order valence-corrected chi connectivity index (χ4v) is 4.82. The van der Waals surface area contributed by atoms with E-state index < -0.39 is 17.7 Å². The fourth-order valence-electron chi connectivity index (χ4n) is 4.82. The van der Waals surface area contributed by atoms with E-state index in [4.69, 9.17) is 9.15 Å². The molecular formula is C27H29F2N7O3. The van der Waals surface area contributed by atoms with E-state index in [1.807, 2.05) is 37.3 Å². The largest absolute Gasteiger partial charge is 0.420 e. The molecule has 1 aliphatic heterocycles. The van der Waals surface area contributed by atoms with Gasteiger partial charge in [0, 0.05) is 45.1 Å². The third kappa shape index (κ3) is 5.66. The lowest BCUT2D eigenvalue weighted by molar-refractivity contribution is 0.159. The average Bonchev–Trinajstić information content (AvgIpc) is 3.62. The number of aryl methyl sites for hydroxylation is 1. The number of nitrogens with zero attached hydrogens (tertiary/aromatic N) is 5. The standard InChI is InChI=1S/C27H29F2N7O3/c1-16-24(26-33-32-17(2)39-26)34-36(19-7-5-4-6-8-19)25(16)31-27(37)30-23-15-35(11-12-38-3)14-20(23)18-9-10-21(28)22(29)13-18/h4-10,13,20,23H,11-12,14-15H2,1-3H3,(H2,30,31,37). The first-order valence-electron chi connectivity index (χ1n) is 12.5. The molecule has 2 unspecified atom stereocenters. The fraction of sp³-hybridized carbons (Fsp3) is 0.333. The van der Waals surface area contributed by atoms with Crippen molar-refractivity contribution in [2.75, 3.05) is 38.7 Å². The highest BCUT2D eigenvalue weighted by Gasteiger charge is 2.35. The summed E-state index contributed by atoms with van der Waals surface area (Å²) in [7, 11) is 1.62. The van der Waals surface area contributed by atoms with Crippen molar-refractivity contribution in [1.82, 2.24) is 30.2 Å². The Hall–Kier alpha value is -4.16. The minimum Gasteiger partial charge on any atom is -0.420 e. The molecule has 2 aromatic heterocycles. The molecule has 2 aromatic carbocycles. The highest BCUT2D eigenvalue weighted by atomic mass is 19.2. The summed E-state index contributed by atoms with van der Waals surface area (Å²) >= 11 is 0. The van der Waals surface area contributed by atoms with Gasteiger partial charge < -0.3 is 14.5 Å². The highest BCUT2D eigenvalue weighted by Crippen LogP contribution is 2.31. The number of benzene rings is 2. The summed E-state index contributed by atoms with van der Waals surface area (Å²) in [5.41, 5.74) is 2.42. The van der Waals surface area contributed by atoms with E-state index in [9.17, 15) is 13.6 Å². The number of aromatic nitrogens is 4. The van der Waals surface area contributed by atoms with Gasteiger partial charge in [-0.05, 0) is 36.8 Å². The Balaban J connectivity index is 1.42. The maximum absolute atomic E-state index is 14.1. The number of halogens is 2. The molecule has 0 aliphatic carbocycles. The molecule has 2 amide bonds. The molecule has 1 aliphatic rings. The number of nitrogens with one attached hydrogen (secondary N) is 2. The zero-order valence-corrected chi connectivity index (χ0v) is 21.8. The number of carbonyl (C=O) groups is 1. The molecule has 3 heterocycles. The number of carbonyl (C=O) groups excluding carboxylic acids is 1. The quantitative estimate of drug-likeness (QED) is 0.349. The minimum absolute atomic E-state index is 0.242. The Kier molecular flexibility index (Phi) is 7.66. The molecule has 204 valence electrons. The van der Waals surface area contributed by atoms with Gasteiger partial charge in [0.25, 0.3) is 5.89 Å². The van der Waals surface area contributed by atoms with Crippen LogP contribution in [0.3, 0.4) is 0 Å². The van der Waals surface area contributed by atoms with Crippen LogP contribution in [0.4, 0.5) is 19.4 Å². The number of hydrogen-bond donors (Lipinski definition) is 2. The Labute approximate surface area is 224 Å². The summed E-state index contributed by atoms with van der Waals surface area (Å²) in [5, 5.41) is 18.6. The second-order valence-electron chi connectivity index (χ2n) is 9.43. The smallest absolute Gasteiger partial charge is 0.320 e. The van der Waals surface area contributed by atoms with Crippen molar-refractivity contribution in [1.29, 1.82) is 0 Å². The average molecular weight is 538 g/mol. The van der Waals surface area contributed by atoms with Gasteiger partial charge in [-0.1, -0.05) is 24.3 Å². The van der Waals surface area contributed by atoms with Crippen LogP contribution in [-0.2, 0) is 4.74 Å². The van der Waals surface area contributed by atoms with Crippen LogP contribution in [-0.4, -0.2) is 70.3 Å². The number of urea groups is 1. The maximum Gasteiger partial charge on any atom is 0.320 e. The van der Waals surface area contributed by atoms with E-state index in [0.717, 1.165) is 11.8 Å². The molecule has 0 radical (unpaired) electrons. The van der Waals surface area contributed by atoms with Crippen LogP contribution in [0.25, 0.3) is 17.3 Å². The van der Waals surface area contributed by atoms with E-state index >= 15 is 0 Å². The zero-order valence-electron chi connectivity index (χ0n) is 21.8. The van der Waals surface area contributed by atoms with E-state index in [0.29, 0.717) is 54.8 Å². The van der Waals surface area contributed by atoms with Gasteiger partial charge in [0.05, 0.1) is 18.3 Å². The van der Waals surface area contributed by atoms with Crippen LogP contribution in [0, 0.1) is 25.5 Å². The second-order valence-corrected chi connectivity index (χ2v) is 9.43. The van der Waals surface area contributed by atoms with Crippen molar-refractivity contribution in [2.45, 2.75) is 25.8 Å². The highest BCUT2D eigenvalue weighted by molar-refractivity contribution is 5.90. The van der Waals surface area contributed by atoms with Crippen molar-refractivity contribution in [3.8, 4) is 17.3 Å². The molecule has 2 atom stereocenters. The number of hydrogen-bond acceptors (Lipinski definition) is 7. The number of ether oxygens (including phenoxy) is 1. The third-order valence-corrected chi connectivity index (χ3v) is 6.78. The second kappa shape index (κ2) is 11.3. The monoisotopic (exact) mass is 537 g/mol. The molecule has 0 saturated carbocycles. The first-order chi connectivity index (χ1) is 18.8. The molecule has 1 fully saturated rings. The van der Waals surface area contributed by atoms with Crippen LogP contribution < -0.4 is 10.6 Å². The van der Waals surface area contributed by atoms with Crippen LogP contribution in [0.1, 0.15) is 22.9 Å². The van der Waals surface area contributed by atoms with E-state index in [1.165, 1.54) is 6.07 Å². The van der Waals surface area contributed by atoms with Gasteiger partial charge in [-0.3, -0.25) is 10.2 Å². The summed E-state index contributed by atoms with van der Waals surface area (Å²) in [6.45, 7) is 5.72. The normalized spacial score (nSPS) is 17.5. The van der Waals surface area contributed by atoms with Crippen molar-refractivity contribution in [2.24, 2.45) is 0 Å². The first-order valence-corrected chi connectivity index (χ1v) is 12.5. The van der Waals surface area contributed by atoms with Gasteiger partial charge >= 0.3 is 6.03 Å². The van der Waals surface area contributed by atoms with Crippen molar-refractivity contribution in [3.63, 3.8) is 0 Å². The number of anilines is 1. The summed E-state index contributed by atoms with van der Waals surface area (Å²) in [6.07, 6.45) is 0. The molecule has 10 nitrogen and oxygen atoms in total. The van der Waals surface area contributed by atoms with Gasteiger partial charge in [-0.2, -0.15) is 5.10 Å².